The van der Waals surface area contributed by atoms with Gasteiger partial charge in [0, 0.05) is 36.6 Å². The number of aryl methyl sites for hydroxylation is 1. The molecule has 2 rings (SSSR count). The third-order valence-electron chi connectivity index (χ3n) is 4.10. The summed E-state index contributed by atoms with van der Waals surface area (Å²) < 4.78 is 27.4. The topological polar surface area (TPSA) is 66.6 Å². The highest BCUT2D eigenvalue weighted by atomic mass is 32.2. The molecule has 1 aliphatic rings. The van der Waals surface area contributed by atoms with E-state index < -0.39 is 10.0 Å². The molecule has 0 amide bonds. The predicted molar refractivity (Wildman–Crippen MR) is 82.4 cm³/mol. The number of rotatable bonds is 3. The number of piperazine rings is 1. The lowest BCUT2D eigenvalue weighted by molar-refractivity contribution is 0.105. The van der Waals surface area contributed by atoms with Gasteiger partial charge in [0.2, 0.25) is 10.0 Å². The first-order chi connectivity index (χ1) is 9.28. The molecule has 2 N–H and O–H groups in total. The van der Waals surface area contributed by atoms with Crippen LogP contribution in [-0.4, -0.2) is 49.8 Å². The fourth-order valence-corrected chi connectivity index (χ4v) is 5.91. The summed E-state index contributed by atoms with van der Waals surface area (Å²) in [6.07, 6.45) is 0. The first kappa shape index (κ1) is 15.9. The number of nitrogens with two attached hydrogens (primary N) is 1. The molecular formula is C13H23N3O2S2. The van der Waals surface area contributed by atoms with Crippen LogP contribution < -0.4 is 5.73 Å². The normalized spacial score (nSPS) is 26.1. The fraction of sp³-hybridized carbons (Fsp3) is 0.692. The molecule has 0 aliphatic carbocycles. The summed E-state index contributed by atoms with van der Waals surface area (Å²) >= 11 is 1.43. The predicted octanol–water partition coefficient (Wildman–Crippen LogP) is 1.23. The van der Waals surface area contributed by atoms with Crippen molar-refractivity contribution < 1.29 is 8.42 Å². The third kappa shape index (κ3) is 2.65. The van der Waals surface area contributed by atoms with E-state index in [4.69, 9.17) is 5.73 Å². The van der Waals surface area contributed by atoms with Crippen molar-refractivity contribution in [1.82, 2.24) is 9.21 Å². The van der Waals surface area contributed by atoms with Crippen molar-refractivity contribution in [2.75, 3.05) is 20.1 Å². The fourth-order valence-electron chi connectivity index (χ4n) is 2.66. The molecule has 1 aromatic rings. The van der Waals surface area contributed by atoms with Crippen LogP contribution in [0.25, 0.3) is 0 Å². The smallest absolute Gasteiger partial charge is 0.244 e. The Hall–Kier alpha value is -0.470. The van der Waals surface area contributed by atoms with E-state index in [9.17, 15) is 8.42 Å². The van der Waals surface area contributed by atoms with Crippen molar-refractivity contribution >= 4 is 21.4 Å². The number of nitrogens with zero attached hydrogens (tertiary/aromatic N) is 2. The van der Waals surface area contributed by atoms with Gasteiger partial charge in [0.05, 0.1) is 0 Å². The zero-order valence-corrected chi connectivity index (χ0v) is 14.1. The Balaban J connectivity index is 2.38. The van der Waals surface area contributed by atoms with E-state index >= 15 is 0 Å². The van der Waals surface area contributed by atoms with Crippen LogP contribution in [0.4, 0.5) is 0 Å². The molecule has 2 heterocycles. The van der Waals surface area contributed by atoms with Crippen molar-refractivity contribution in [3.05, 3.63) is 15.8 Å². The zero-order chi connectivity index (χ0) is 15.1. The number of thiophene rings is 1. The second-order valence-electron chi connectivity index (χ2n) is 5.56. The van der Waals surface area contributed by atoms with E-state index in [1.165, 1.54) is 11.3 Å². The maximum atomic E-state index is 12.9. The molecule has 0 saturated carbocycles. The Labute approximate surface area is 125 Å². The maximum absolute atomic E-state index is 12.9. The second-order valence-corrected chi connectivity index (χ2v) is 8.40. The van der Waals surface area contributed by atoms with Gasteiger partial charge in [-0.05, 0) is 38.8 Å². The molecule has 1 aliphatic heterocycles. The first-order valence-corrected chi connectivity index (χ1v) is 9.10. The highest BCUT2D eigenvalue weighted by molar-refractivity contribution is 7.89. The van der Waals surface area contributed by atoms with Gasteiger partial charge in [0.15, 0.2) is 0 Å². The van der Waals surface area contributed by atoms with Crippen LogP contribution in [0.15, 0.2) is 10.3 Å². The van der Waals surface area contributed by atoms with Gasteiger partial charge in [-0.25, -0.2) is 8.42 Å². The zero-order valence-electron chi connectivity index (χ0n) is 12.5. The third-order valence-corrected chi connectivity index (χ3v) is 7.42. The average Bonchev–Trinajstić information content (AvgIpc) is 2.77. The Morgan fingerprint density at radius 3 is 2.40 bits per heavy atom. The lowest BCUT2D eigenvalue weighted by Crippen LogP contribution is -2.56. The van der Waals surface area contributed by atoms with Crippen LogP contribution in [0.1, 0.15) is 24.3 Å². The molecule has 2 unspecified atom stereocenters. The van der Waals surface area contributed by atoms with E-state index in [-0.39, 0.29) is 18.6 Å². The van der Waals surface area contributed by atoms with E-state index in [2.05, 4.69) is 18.7 Å². The van der Waals surface area contributed by atoms with Crippen molar-refractivity contribution in [3.8, 4) is 0 Å². The molecule has 1 saturated heterocycles. The van der Waals surface area contributed by atoms with Crippen LogP contribution in [-0.2, 0) is 16.6 Å². The van der Waals surface area contributed by atoms with Crippen LogP contribution in [0.5, 0.6) is 0 Å². The van der Waals surface area contributed by atoms with Gasteiger partial charge in [-0.2, -0.15) is 4.31 Å². The maximum Gasteiger partial charge on any atom is 0.244 e. The molecule has 20 heavy (non-hydrogen) atoms. The highest BCUT2D eigenvalue weighted by Gasteiger charge is 2.36. The molecule has 0 radical (unpaired) electrons. The standard InChI is InChI=1S/C13H23N3O2S2/c1-9-8-19-12(5-14)13(9)20(17,18)16-6-10(2)15(4)11(3)7-16/h8,10-11H,5-7,14H2,1-4H3. The summed E-state index contributed by atoms with van der Waals surface area (Å²) in [7, 11) is -1.40. The van der Waals surface area contributed by atoms with Gasteiger partial charge in [-0.1, -0.05) is 0 Å². The van der Waals surface area contributed by atoms with Crippen LogP contribution in [0.2, 0.25) is 0 Å². The number of likely N-dealkylation sites (N-methyl/N-ethyl adjacent to an activating group) is 1. The molecule has 0 bridgehead atoms. The molecule has 0 spiro atoms. The molecule has 5 nitrogen and oxygen atoms in total. The number of sulfonamides is 1. The summed E-state index contributed by atoms with van der Waals surface area (Å²) in [6, 6.07) is 0.433. The second kappa shape index (κ2) is 5.73. The lowest BCUT2D eigenvalue weighted by atomic mass is 10.1. The van der Waals surface area contributed by atoms with Gasteiger partial charge in [0.25, 0.3) is 0 Å². The van der Waals surface area contributed by atoms with E-state index in [0.717, 1.165) is 10.4 Å². The highest BCUT2D eigenvalue weighted by Crippen LogP contribution is 2.30. The van der Waals surface area contributed by atoms with E-state index in [1.54, 1.807) is 4.31 Å². The van der Waals surface area contributed by atoms with E-state index in [0.29, 0.717) is 18.0 Å². The van der Waals surface area contributed by atoms with Crippen molar-refractivity contribution in [1.29, 1.82) is 0 Å². The molecule has 0 aromatic carbocycles. The summed E-state index contributed by atoms with van der Waals surface area (Å²) in [6.45, 7) is 7.29. The molecule has 2 atom stereocenters. The summed E-state index contributed by atoms with van der Waals surface area (Å²) in [5.41, 5.74) is 6.49. The molecule has 114 valence electrons. The Bertz CT molecular complexity index is 570. The minimum atomic E-state index is -3.44. The lowest BCUT2D eigenvalue weighted by Gasteiger charge is -2.41. The Morgan fingerprint density at radius 2 is 1.90 bits per heavy atom. The average molecular weight is 317 g/mol. The van der Waals surface area contributed by atoms with Crippen LogP contribution in [0.3, 0.4) is 0 Å². The van der Waals surface area contributed by atoms with Crippen LogP contribution >= 0.6 is 11.3 Å². The molecule has 1 aromatic heterocycles. The van der Waals surface area contributed by atoms with Crippen molar-refractivity contribution in [3.63, 3.8) is 0 Å². The Kier molecular flexibility index (Phi) is 4.56. The van der Waals surface area contributed by atoms with Crippen molar-refractivity contribution in [2.45, 2.75) is 44.3 Å². The first-order valence-electron chi connectivity index (χ1n) is 6.78. The quantitative estimate of drug-likeness (QED) is 0.910. The van der Waals surface area contributed by atoms with Crippen LogP contribution in [0, 0.1) is 6.92 Å². The van der Waals surface area contributed by atoms with Gasteiger partial charge in [-0.15, -0.1) is 11.3 Å². The van der Waals surface area contributed by atoms with Gasteiger partial charge >= 0.3 is 0 Å². The number of hydrogen-bond acceptors (Lipinski definition) is 5. The van der Waals surface area contributed by atoms with Gasteiger partial charge < -0.3 is 5.73 Å². The summed E-state index contributed by atoms with van der Waals surface area (Å²) in [5.74, 6) is 0. The molecule has 7 heteroatoms. The Morgan fingerprint density at radius 1 is 1.35 bits per heavy atom. The monoisotopic (exact) mass is 317 g/mol. The number of hydrogen-bond donors (Lipinski definition) is 1. The van der Waals surface area contributed by atoms with Gasteiger partial charge in [-0.3, -0.25) is 4.90 Å². The summed E-state index contributed by atoms with van der Waals surface area (Å²) in [4.78, 5) is 3.40. The van der Waals surface area contributed by atoms with Crippen molar-refractivity contribution in [2.24, 2.45) is 5.73 Å². The SMILES string of the molecule is Cc1csc(CN)c1S(=O)(=O)N1CC(C)N(C)C(C)C1. The molecule has 1 fully saturated rings. The molecular weight excluding hydrogens is 294 g/mol. The largest absolute Gasteiger partial charge is 0.326 e. The minimum absolute atomic E-state index is 0.216. The minimum Gasteiger partial charge on any atom is -0.326 e. The van der Waals surface area contributed by atoms with Gasteiger partial charge in [0.1, 0.15) is 4.90 Å². The summed E-state index contributed by atoms with van der Waals surface area (Å²) in [5, 5.41) is 1.87. The van der Waals surface area contributed by atoms with E-state index in [1.807, 2.05) is 19.4 Å².